The predicted octanol–water partition coefficient (Wildman–Crippen LogP) is 1.47. The Morgan fingerprint density at radius 1 is 1.33 bits per heavy atom. The molecule has 0 aromatic heterocycles. The molecule has 0 rings (SSSR count). The number of ether oxygens (including phenoxy) is 2. The lowest BCUT2D eigenvalue weighted by Gasteiger charge is -2.12. The molecule has 0 unspecified atom stereocenters. The zero-order valence-electron chi connectivity index (χ0n) is 9.99. The highest BCUT2D eigenvalue weighted by molar-refractivity contribution is 5.75. The SMILES string of the molecule is CCCC[C@H](N)C(=O)OCCOC(C)C. The molecule has 0 aliphatic heterocycles. The second-order valence-corrected chi connectivity index (χ2v) is 3.84. The lowest BCUT2D eigenvalue weighted by Crippen LogP contribution is -2.33. The van der Waals surface area contributed by atoms with Gasteiger partial charge in [0.25, 0.3) is 0 Å². The number of esters is 1. The molecule has 15 heavy (non-hydrogen) atoms. The Bertz CT molecular complexity index is 171. The van der Waals surface area contributed by atoms with Gasteiger partial charge in [-0.05, 0) is 20.3 Å². The van der Waals surface area contributed by atoms with Crippen molar-refractivity contribution >= 4 is 5.97 Å². The normalized spacial score (nSPS) is 12.9. The van der Waals surface area contributed by atoms with Crippen molar-refractivity contribution in [1.29, 1.82) is 0 Å². The van der Waals surface area contributed by atoms with Gasteiger partial charge < -0.3 is 15.2 Å². The second kappa shape index (κ2) is 8.68. The largest absolute Gasteiger partial charge is 0.462 e. The van der Waals surface area contributed by atoms with Crippen molar-refractivity contribution in [2.75, 3.05) is 13.2 Å². The van der Waals surface area contributed by atoms with Crippen LogP contribution >= 0.6 is 0 Å². The second-order valence-electron chi connectivity index (χ2n) is 3.84. The number of carbonyl (C=O) groups excluding carboxylic acids is 1. The van der Waals surface area contributed by atoms with Gasteiger partial charge in [0.15, 0.2) is 0 Å². The maximum absolute atomic E-state index is 11.3. The van der Waals surface area contributed by atoms with E-state index in [9.17, 15) is 4.79 Å². The summed E-state index contributed by atoms with van der Waals surface area (Å²) in [6, 6.07) is -0.482. The van der Waals surface area contributed by atoms with Gasteiger partial charge in [-0.1, -0.05) is 19.8 Å². The lowest BCUT2D eigenvalue weighted by atomic mass is 10.1. The fourth-order valence-corrected chi connectivity index (χ4v) is 1.08. The van der Waals surface area contributed by atoms with Crippen LogP contribution in [0.1, 0.15) is 40.0 Å². The first-order valence-corrected chi connectivity index (χ1v) is 5.61. The fraction of sp³-hybridized carbons (Fsp3) is 0.909. The molecule has 0 spiro atoms. The monoisotopic (exact) mass is 217 g/mol. The number of carbonyl (C=O) groups is 1. The van der Waals surface area contributed by atoms with E-state index in [1.54, 1.807) is 0 Å². The number of hydrogen-bond donors (Lipinski definition) is 1. The summed E-state index contributed by atoms with van der Waals surface area (Å²) in [6.07, 6.45) is 2.86. The molecule has 0 amide bonds. The number of nitrogens with two attached hydrogens (primary N) is 1. The molecule has 0 bridgehead atoms. The molecule has 0 radical (unpaired) electrons. The molecule has 90 valence electrons. The Balaban J connectivity index is 3.47. The first-order chi connectivity index (χ1) is 7.07. The minimum absolute atomic E-state index is 0.164. The first-order valence-electron chi connectivity index (χ1n) is 5.61. The zero-order valence-corrected chi connectivity index (χ0v) is 9.99. The Hall–Kier alpha value is -0.610. The molecule has 0 aromatic rings. The van der Waals surface area contributed by atoms with Crippen LogP contribution in [0.5, 0.6) is 0 Å². The summed E-state index contributed by atoms with van der Waals surface area (Å²) in [5, 5.41) is 0. The van der Waals surface area contributed by atoms with Gasteiger partial charge in [-0.25, -0.2) is 0 Å². The maximum Gasteiger partial charge on any atom is 0.322 e. The summed E-state index contributed by atoms with van der Waals surface area (Å²) >= 11 is 0. The van der Waals surface area contributed by atoms with Crippen molar-refractivity contribution in [2.24, 2.45) is 5.73 Å². The Kier molecular flexibility index (Phi) is 8.33. The van der Waals surface area contributed by atoms with E-state index in [1.165, 1.54) is 0 Å². The lowest BCUT2D eigenvalue weighted by molar-refractivity contribution is -0.147. The third-order valence-electron chi connectivity index (χ3n) is 1.95. The molecule has 1 atom stereocenters. The Morgan fingerprint density at radius 3 is 2.53 bits per heavy atom. The van der Waals surface area contributed by atoms with Crippen LogP contribution in [0.2, 0.25) is 0 Å². The fourth-order valence-electron chi connectivity index (χ4n) is 1.08. The van der Waals surface area contributed by atoms with E-state index in [0.717, 1.165) is 12.8 Å². The summed E-state index contributed by atoms with van der Waals surface area (Å²) in [5.41, 5.74) is 5.63. The average Bonchev–Trinajstić information content (AvgIpc) is 2.20. The molecular weight excluding hydrogens is 194 g/mol. The van der Waals surface area contributed by atoms with E-state index < -0.39 is 6.04 Å². The highest BCUT2D eigenvalue weighted by Crippen LogP contribution is 2.00. The molecule has 0 aliphatic carbocycles. The van der Waals surface area contributed by atoms with E-state index in [0.29, 0.717) is 13.0 Å². The van der Waals surface area contributed by atoms with Crippen LogP contribution in [-0.2, 0) is 14.3 Å². The molecule has 0 fully saturated rings. The van der Waals surface area contributed by atoms with Gasteiger partial charge in [0, 0.05) is 0 Å². The number of hydrogen-bond acceptors (Lipinski definition) is 4. The highest BCUT2D eigenvalue weighted by Gasteiger charge is 2.13. The molecule has 2 N–H and O–H groups in total. The van der Waals surface area contributed by atoms with Gasteiger partial charge in [-0.15, -0.1) is 0 Å². The molecular formula is C11H23NO3. The summed E-state index contributed by atoms with van der Waals surface area (Å²) in [5.74, 6) is -0.323. The number of unbranched alkanes of at least 4 members (excludes halogenated alkanes) is 1. The third-order valence-corrected chi connectivity index (χ3v) is 1.95. The van der Waals surface area contributed by atoms with Crippen molar-refractivity contribution in [2.45, 2.75) is 52.2 Å². The summed E-state index contributed by atoms with van der Waals surface area (Å²) in [6.45, 7) is 6.67. The quantitative estimate of drug-likeness (QED) is 0.494. The molecule has 0 saturated carbocycles. The van der Waals surface area contributed by atoms with Crippen molar-refractivity contribution in [3.8, 4) is 0 Å². The van der Waals surface area contributed by atoms with Crippen LogP contribution in [-0.4, -0.2) is 31.3 Å². The highest BCUT2D eigenvalue weighted by atomic mass is 16.6. The third kappa shape index (κ3) is 8.39. The number of rotatable bonds is 8. The molecule has 0 aromatic carbocycles. The van der Waals surface area contributed by atoms with E-state index in [-0.39, 0.29) is 18.7 Å². The summed E-state index contributed by atoms with van der Waals surface area (Å²) < 4.78 is 10.2. The topological polar surface area (TPSA) is 61.6 Å². The average molecular weight is 217 g/mol. The van der Waals surface area contributed by atoms with Gasteiger partial charge in [-0.3, -0.25) is 4.79 Å². The minimum atomic E-state index is -0.482. The van der Waals surface area contributed by atoms with Crippen molar-refractivity contribution in [3.63, 3.8) is 0 Å². The zero-order chi connectivity index (χ0) is 11.7. The van der Waals surface area contributed by atoms with Crippen LogP contribution in [0, 0.1) is 0 Å². The van der Waals surface area contributed by atoms with Gasteiger partial charge in [0.05, 0.1) is 12.7 Å². The van der Waals surface area contributed by atoms with Crippen molar-refractivity contribution in [3.05, 3.63) is 0 Å². The van der Waals surface area contributed by atoms with Gasteiger partial charge in [0.2, 0.25) is 0 Å². The molecule has 0 aliphatic rings. The van der Waals surface area contributed by atoms with Gasteiger partial charge >= 0.3 is 5.97 Å². The van der Waals surface area contributed by atoms with Crippen LogP contribution in [0.15, 0.2) is 0 Å². The minimum Gasteiger partial charge on any atom is -0.462 e. The first kappa shape index (κ1) is 14.4. The van der Waals surface area contributed by atoms with Crippen LogP contribution in [0.25, 0.3) is 0 Å². The molecule has 4 heteroatoms. The smallest absolute Gasteiger partial charge is 0.322 e. The Morgan fingerprint density at radius 2 is 2.00 bits per heavy atom. The van der Waals surface area contributed by atoms with Crippen molar-refractivity contribution in [1.82, 2.24) is 0 Å². The van der Waals surface area contributed by atoms with Gasteiger partial charge in [0.1, 0.15) is 12.6 Å². The van der Waals surface area contributed by atoms with Crippen LogP contribution in [0.4, 0.5) is 0 Å². The van der Waals surface area contributed by atoms with E-state index in [4.69, 9.17) is 15.2 Å². The van der Waals surface area contributed by atoms with E-state index >= 15 is 0 Å². The van der Waals surface area contributed by atoms with Crippen LogP contribution < -0.4 is 5.73 Å². The van der Waals surface area contributed by atoms with Crippen molar-refractivity contribution < 1.29 is 14.3 Å². The van der Waals surface area contributed by atoms with Gasteiger partial charge in [-0.2, -0.15) is 0 Å². The molecule has 4 nitrogen and oxygen atoms in total. The van der Waals surface area contributed by atoms with Crippen LogP contribution in [0.3, 0.4) is 0 Å². The van der Waals surface area contributed by atoms with E-state index in [2.05, 4.69) is 6.92 Å². The Labute approximate surface area is 92.1 Å². The van der Waals surface area contributed by atoms with E-state index in [1.807, 2.05) is 13.8 Å². The summed E-state index contributed by atoms with van der Waals surface area (Å²) in [7, 11) is 0. The predicted molar refractivity (Wildman–Crippen MR) is 59.5 cm³/mol. The molecule has 0 saturated heterocycles. The maximum atomic E-state index is 11.3. The standard InChI is InChI=1S/C11H23NO3/c1-4-5-6-10(12)11(13)15-8-7-14-9(2)3/h9-10H,4-8,12H2,1-3H3/t10-/m0/s1. The molecule has 0 heterocycles. The summed E-state index contributed by atoms with van der Waals surface area (Å²) in [4.78, 5) is 11.3.